The summed E-state index contributed by atoms with van der Waals surface area (Å²) >= 11 is 0. The molecule has 11 heteroatoms. The monoisotopic (exact) mass is 502 g/mol. The topological polar surface area (TPSA) is 99.7 Å². The Hall–Kier alpha value is -3.50. The number of anilines is 4. The number of nitrogens with zero attached hydrogens (tertiary/aromatic N) is 4. The number of benzene rings is 1. The predicted octanol–water partition coefficient (Wildman–Crippen LogP) is 3.98. The maximum absolute atomic E-state index is 14.8. The Morgan fingerprint density at radius 1 is 1.28 bits per heavy atom. The molecule has 2 aromatic rings. The van der Waals surface area contributed by atoms with Crippen molar-refractivity contribution in [3.63, 3.8) is 0 Å². The van der Waals surface area contributed by atoms with E-state index in [2.05, 4.69) is 20.6 Å². The third-order valence-electron chi connectivity index (χ3n) is 6.52. The molecule has 1 saturated carbocycles. The molecule has 2 N–H and O–H groups in total. The van der Waals surface area contributed by atoms with Crippen molar-refractivity contribution < 1.29 is 23.1 Å². The third-order valence-corrected chi connectivity index (χ3v) is 6.52. The number of hydrogen-bond acceptors (Lipinski definition) is 7. The number of carbonyl (C=O) groups is 2. The van der Waals surface area contributed by atoms with Crippen molar-refractivity contribution >= 4 is 35.0 Å². The fraction of sp³-hybridized carbons (Fsp3) is 0.520. The van der Waals surface area contributed by atoms with Crippen LogP contribution in [0, 0.1) is 5.92 Å². The molecule has 4 rings (SSSR count). The first kappa shape index (κ1) is 25.6. The number of aromatic nitrogens is 2. The summed E-state index contributed by atoms with van der Waals surface area (Å²) in [5.41, 5.74) is 1.18. The van der Waals surface area contributed by atoms with Crippen LogP contribution in [0.25, 0.3) is 0 Å². The minimum absolute atomic E-state index is 0.130. The normalized spacial score (nSPS) is 17.7. The minimum atomic E-state index is -3.54. The van der Waals surface area contributed by atoms with Crippen LogP contribution in [0.2, 0.25) is 0 Å². The highest BCUT2D eigenvalue weighted by atomic mass is 19.3. The van der Waals surface area contributed by atoms with E-state index in [4.69, 9.17) is 4.74 Å². The number of hydrogen-bond donors (Lipinski definition) is 2. The van der Waals surface area contributed by atoms with Crippen LogP contribution in [0.3, 0.4) is 0 Å². The van der Waals surface area contributed by atoms with Gasteiger partial charge in [0.2, 0.25) is 5.95 Å². The van der Waals surface area contributed by atoms with Crippen LogP contribution in [0.4, 0.5) is 31.9 Å². The van der Waals surface area contributed by atoms with Gasteiger partial charge in [-0.3, -0.25) is 9.59 Å². The lowest BCUT2D eigenvalue weighted by Gasteiger charge is -2.31. The second-order valence-electron chi connectivity index (χ2n) is 9.68. The first-order valence-corrected chi connectivity index (χ1v) is 12.1. The van der Waals surface area contributed by atoms with Crippen molar-refractivity contribution in [2.75, 3.05) is 42.4 Å². The molecule has 2 amide bonds. The Labute approximate surface area is 209 Å². The first-order valence-electron chi connectivity index (χ1n) is 12.1. The maximum Gasteiger partial charge on any atom is 0.342 e. The summed E-state index contributed by atoms with van der Waals surface area (Å²) in [4.78, 5) is 36.2. The van der Waals surface area contributed by atoms with Gasteiger partial charge < -0.3 is 25.2 Å². The van der Waals surface area contributed by atoms with Crippen LogP contribution in [-0.2, 0) is 4.79 Å². The molecule has 0 bridgehead atoms. The second kappa shape index (κ2) is 10.2. The number of ether oxygens (including phenoxy) is 1. The maximum atomic E-state index is 14.8. The van der Waals surface area contributed by atoms with E-state index in [9.17, 15) is 18.4 Å². The largest absolute Gasteiger partial charge is 0.495 e. The number of halogens is 2. The summed E-state index contributed by atoms with van der Waals surface area (Å²) in [5.74, 6) is -3.86. The lowest BCUT2D eigenvalue weighted by molar-refractivity contribution is -0.140. The number of rotatable bonds is 7. The van der Waals surface area contributed by atoms with Gasteiger partial charge in [-0.15, -0.1) is 0 Å². The standard InChI is InChI=1S/C25H32F2N6O3/c1-15(2)12-28-22(34)16-9-10-18(20(11-16)36-4)30-24-29-13-19-21(31-24)33(17-7-5-6-8-17)14-25(26,27)23(35)32(19)3/h9-11,13,15,17H,5-8,12,14H2,1-4H3,(H,28,34)(H,29,30,31). The van der Waals surface area contributed by atoms with E-state index in [1.165, 1.54) is 20.4 Å². The molecule has 1 fully saturated rings. The smallest absolute Gasteiger partial charge is 0.342 e. The van der Waals surface area contributed by atoms with E-state index in [1.54, 1.807) is 23.1 Å². The van der Waals surface area contributed by atoms with Gasteiger partial charge in [0.05, 0.1) is 25.5 Å². The van der Waals surface area contributed by atoms with Gasteiger partial charge in [-0.05, 0) is 37.0 Å². The Balaban J connectivity index is 1.65. The molecule has 1 aromatic carbocycles. The summed E-state index contributed by atoms with van der Waals surface area (Å²) in [6.07, 6.45) is 4.78. The van der Waals surface area contributed by atoms with Crippen molar-refractivity contribution in [3.05, 3.63) is 30.0 Å². The molecule has 0 unspecified atom stereocenters. The number of amides is 2. The summed E-state index contributed by atoms with van der Waals surface area (Å²) in [7, 11) is 2.80. The lowest BCUT2D eigenvalue weighted by atomic mass is 10.1. The first-order chi connectivity index (χ1) is 17.1. The molecular weight excluding hydrogens is 470 g/mol. The van der Waals surface area contributed by atoms with Crippen molar-refractivity contribution in [1.82, 2.24) is 15.3 Å². The van der Waals surface area contributed by atoms with Gasteiger partial charge >= 0.3 is 5.92 Å². The number of alkyl halides is 2. The SMILES string of the molecule is COc1cc(C(=O)NCC(C)C)ccc1Nc1ncc2c(n1)N(C1CCCC1)CC(F)(F)C(=O)N2C. The van der Waals surface area contributed by atoms with Crippen molar-refractivity contribution in [2.45, 2.75) is 51.5 Å². The van der Waals surface area contributed by atoms with E-state index in [0.717, 1.165) is 30.6 Å². The van der Waals surface area contributed by atoms with E-state index < -0.39 is 18.4 Å². The molecule has 9 nitrogen and oxygen atoms in total. The third kappa shape index (κ3) is 5.19. The molecule has 1 aromatic heterocycles. The second-order valence-corrected chi connectivity index (χ2v) is 9.68. The molecule has 0 radical (unpaired) electrons. The Morgan fingerprint density at radius 3 is 2.67 bits per heavy atom. The fourth-order valence-corrected chi connectivity index (χ4v) is 4.56. The highest BCUT2D eigenvalue weighted by Crippen LogP contribution is 2.40. The highest BCUT2D eigenvalue weighted by Gasteiger charge is 2.48. The lowest BCUT2D eigenvalue weighted by Crippen LogP contribution is -2.48. The zero-order chi connectivity index (χ0) is 26.0. The summed E-state index contributed by atoms with van der Waals surface area (Å²) in [6, 6.07) is 4.81. The zero-order valence-electron chi connectivity index (χ0n) is 21.0. The number of nitrogens with one attached hydrogen (secondary N) is 2. The van der Waals surface area contributed by atoms with Crippen LogP contribution in [0.5, 0.6) is 5.75 Å². The molecular formula is C25H32F2N6O3. The quantitative estimate of drug-likeness (QED) is 0.591. The van der Waals surface area contributed by atoms with Crippen LogP contribution >= 0.6 is 0 Å². The Morgan fingerprint density at radius 2 is 2.00 bits per heavy atom. The van der Waals surface area contributed by atoms with E-state index in [1.807, 2.05) is 13.8 Å². The average Bonchev–Trinajstić information content (AvgIpc) is 3.37. The molecule has 1 aliphatic heterocycles. The number of fused-ring (bicyclic) bond motifs is 1. The van der Waals surface area contributed by atoms with Gasteiger partial charge in [0.25, 0.3) is 11.8 Å². The Bertz CT molecular complexity index is 1140. The van der Waals surface area contributed by atoms with Crippen molar-refractivity contribution in [1.29, 1.82) is 0 Å². The zero-order valence-corrected chi connectivity index (χ0v) is 21.0. The fourth-order valence-electron chi connectivity index (χ4n) is 4.56. The van der Waals surface area contributed by atoms with Crippen LogP contribution < -0.4 is 25.2 Å². The van der Waals surface area contributed by atoms with Gasteiger partial charge in [-0.1, -0.05) is 26.7 Å². The summed E-state index contributed by atoms with van der Waals surface area (Å²) in [5, 5.41) is 5.94. The molecule has 2 aliphatic rings. The number of carbonyl (C=O) groups excluding carboxylic acids is 2. The van der Waals surface area contributed by atoms with E-state index in [0.29, 0.717) is 29.5 Å². The molecule has 194 valence electrons. The van der Waals surface area contributed by atoms with Crippen LogP contribution in [0.1, 0.15) is 49.9 Å². The molecule has 36 heavy (non-hydrogen) atoms. The molecule has 2 heterocycles. The average molecular weight is 503 g/mol. The Kier molecular flexibility index (Phi) is 7.28. The van der Waals surface area contributed by atoms with Gasteiger partial charge in [-0.25, -0.2) is 4.98 Å². The van der Waals surface area contributed by atoms with E-state index >= 15 is 0 Å². The van der Waals surface area contributed by atoms with Gasteiger partial charge in [0.15, 0.2) is 5.82 Å². The minimum Gasteiger partial charge on any atom is -0.495 e. The number of methoxy groups -OCH3 is 1. The van der Waals surface area contributed by atoms with Crippen molar-refractivity contribution in [3.8, 4) is 5.75 Å². The molecule has 0 atom stereocenters. The van der Waals surface area contributed by atoms with Crippen molar-refractivity contribution in [2.24, 2.45) is 5.92 Å². The molecule has 0 saturated heterocycles. The summed E-state index contributed by atoms with van der Waals surface area (Å²) in [6.45, 7) is 3.85. The van der Waals surface area contributed by atoms with Gasteiger partial charge in [0.1, 0.15) is 11.4 Å². The highest BCUT2D eigenvalue weighted by molar-refractivity contribution is 6.02. The summed E-state index contributed by atoms with van der Waals surface area (Å²) < 4.78 is 35.0. The molecule has 1 aliphatic carbocycles. The predicted molar refractivity (Wildman–Crippen MR) is 133 cm³/mol. The van der Waals surface area contributed by atoms with Crippen LogP contribution in [0.15, 0.2) is 24.4 Å². The van der Waals surface area contributed by atoms with Gasteiger partial charge in [0, 0.05) is 25.2 Å². The van der Waals surface area contributed by atoms with E-state index in [-0.39, 0.29) is 29.4 Å². The van der Waals surface area contributed by atoms with Gasteiger partial charge in [-0.2, -0.15) is 13.8 Å². The molecule has 0 spiro atoms. The van der Waals surface area contributed by atoms with Crippen LogP contribution in [-0.4, -0.2) is 61.0 Å².